The van der Waals surface area contributed by atoms with Gasteiger partial charge in [0.2, 0.25) is 0 Å². The summed E-state index contributed by atoms with van der Waals surface area (Å²) < 4.78 is 0. The van der Waals surface area contributed by atoms with E-state index in [9.17, 15) is 0 Å². The molecule has 1 unspecified atom stereocenters. The summed E-state index contributed by atoms with van der Waals surface area (Å²) in [6, 6.07) is 0. The lowest BCUT2D eigenvalue weighted by molar-refractivity contribution is 0.575. The van der Waals surface area contributed by atoms with E-state index in [4.69, 9.17) is 0 Å². The summed E-state index contributed by atoms with van der Waals surface area (Å²) in [5.41, 5.74) is 1.67. The fourth-order valence-electron chi connectivity index (χ4n) is 1.68. The number of hydrogen-bond donors (Lipinski definition) is 0. The molecule has 0 radical (unpaired) electrons. The van der Waals surface area contributed by atoms with Crippen LogP contribution in [0.2, 0.25) is 0 Å². The number of hydrogen-bond acceptors (Lipinski definition) is 0. The van der Waals surface area contributed by atoms with Gasteiger partial charge in [0.25, 0.3) is 0 Å². The Labute approximate surface area is 56.3 Å². The first-order valence-electron chi connectivity index (χ1n) is 3.80. The molecule has 1 atom stereocenters. The topological polar surface area (TPSA) is 0 Å². The van der Waals surface area contributed by atoms with Gasteiger partial charge < -0.3 is 0 Å². The summed E-state index contributed by atoms with van der Waals surface area (Å²) in [5, 5.41) is 0. The molecule has 0 aromatic heterocycles. The van der Waals surface area contributed by atoms with Gasteiger partial charge in [0.05, 0.1) is 0 Å². The smallest absolute Gasteiger partial charge is 0.0139 e. The van der Waals surface area contributed by atoms with Crippen LogP contribution in [0.3, 0.4) is 0 Å². The standard InChI is InChI=1S/C9H12/c1-2-8-4-6-9(3-1)7-5-8/h1-2,6,8H,3-5,7H2. The van der Waals surface area contributed by atoms with E-state index in [0.717, 1.165) is 5.92 Å². The lowest BCUT2D eigenvalue weighted by atomic mass is 9.92. The second-order valence-corrected chi connectivity index (χ2v) is 3.03. The maximum Gasteiger partial charge on any atom is -0.0139 e. The fraction of sp³-hybridized carbons (Fsp3) is 0.556. The van der Waals surface area contributed by atoms with E-state index in [1.165, 1.54) is 25.7 Å². The van der Waals surface area contributed by atoms with Crippen LogP contribution >= 0.6 is 0 Å². The van der Waals surface area contributed by atoms with Crippen molar-refractivity contribution in [1.82, 2.24) is 0 Å². The van der Waals surface area contributed by atoms with Crippen molar-refractivity contribution in [2.45, 2.75) is 25.7 Å². The summed E-state index contributed by atoms with van der Waals surface area (Å²) in [5.74, 6) is 0.885. The van der Waals surface area contributed by atoms with Crippen molar-refractivity contribution >= 4 is 0 Å². The van der Waals surface area contributed by atoms with E-state index in [-0.39, 0.29) is 0 Å². The Hall–Kier alpha value is -0.520. The van der Waals surface area contributed by atoms with Crippen molar-refractivity contribution in [3.63, 3.8) is 0 Å². The Morgan fingerprint density at radius 2 is 2.44 bits per heavy atom. The zero-order valence-electron chi connectivity index (χ0n) is 5.64. The lowest BCUT2D eigenvalue weighted by Gasteiger charge is -2.13. The average molecular weight is 120 g/mol. The van der Waals surface area contributed by atoms with Crippen molar-refractivity contribution in [3.05, 3.63) is 23.8 Å². The zero-order chi connectivity index (χ0) is 6.10. The van der Waals surface area contributed by atoms with E-state index in [0.29, 0.717) is 0 Å². The predicted octanol–water partition coefficient (Wildman–Crippen LogP) is 2.67. The van der Waals surface area contributed by atoms with Crippen LogP contribution in [-0.4, -0.2) is 0 Å². The third-order valence-electron chi connectivity index (χ3n) is 2.33. The summed E-state index contributed by atoms with van der Waals surface area (Å²) in [6.07, 6.45) is 12.4. The third kappa shape index (κ3) is 0.937. The second-order valence-electron chi connectivity index (χ2n) is 3.03. The van der Waals surface area contributed by atoms with Crippen LogP contribution in [0.15, 0.2) is 23.8 Å². The molecule has 3 rings (SSSR count). The molecule has 2 bridgehead atoms. The van der Waals surface area contributed by atoms with Gasteiger partial charge >= 0.3 is 0 Å². The van der Waals surface area contributed by atoms with E-state index in [1.54, 1.807) is 5.57 Å². The molecule has 0 aliphatic heterocycles. The molecule has 0 aromatic carbocycles. The molecule has 0 N–H and O–H groups in total. The minimum atomic E-state index is 0.885. The van der Waals surface area contributed by atoms with Crippen molar-refractivity contribution in [2.75, 3.05) is 0 Å². The molecule has 0 saturated heterocycles. The molecular weight excluding hydrogens is 108 g/mol. The maximum atomic E-state index is 2.42. The first kappa shape index (κ1) is 5.28. The van der Waals surface area contributed by atoms with Gasteiger partial charge in [-0.15, -0.1) is 0 Å². The molecule has 0 fully saturated rings. The lowest BCUT2D eigenvalue weighted by Crippen LogP contribution is -1.98. The highest BCUT2D eigenvalue weighted by Crippen LogP contribution is 2.29. The molecule has 3 aliphatic rings. The van der Waals surface area contributed by atoms with E-state index >= 15 is 0 Å². The quantitative estimate of drug-likeness (QED) is 0.431. The van der Waals surface area contributed by atoms with Crippen molar-refractivity contribution in [3.8, 4) is 0 Å². The van der Waals surface area contributed by atoms with Gasteiger partial charge in [-0.25, -0.2) is 0 Å². The molecule has 0 aromatic rings. The Morgan fingerprint density at radius 3 is 3.22 bits per heavy atom. The van der Waals surface area contributed by atoms with Crippen LogP contribution in [0.1, 0.15) is 25.7 Å². The van der Waals surface area contributed by atoms with E-state index < -0.39 is 0 Å². The molecule has 0 heterocycles. The van der Waals surface area contributed by atoms with Gasteiger partial charge in [0.1, 0.15) is 0 Å². The van der Waals surface area contributed by atoms with Crippen LogP contribution in [-0.2, 0) is 0 Å². The van der Waals surface area contributed by atoms with Crippen LogP contribution in [0.25, 0.3) is 0 Å². The summed E-state index contributed by atoms with van der Waals surface area (Å²) in [7, 11) is 0. The van der Waals surface area contributed by atoms with E-state index in [1.807, 2.05) is 0 Å². The van der Waals surface area contributed by atoms with Crippen molar-refractivity contribution in [2.24, 2.45) is 5.92 Å². The van der Waals surface area contributed by atoms with Crippen molar-refractivity contribution in [1.29, 1.82) is 0 Å². The van der Waals surface area contributed by atoms with Gasteiger partial charge in [-0.2, -0.15) is 0 Å². The number of rotatable bonds is 0. The first-order valence-corrected chi connectivity index (χ1v) is 3.80. The Kier molecular flexibility index (Phi) is 1.18. The minimum absolute atomic E-state index is 0.885. The van der Waals surface area contributed by atoms with Gasteiger partial charge in [-0.05, 0) is 31.6 Å². The maximum absolute atomic E-state index is 2.42. The number of fused-ring (bicyclic) bond motifs is 3. The van der Waals surface area contributed by atoms with Crippen LogP contribution in [0, 0.1) is 5.92 Å². The normalized spacial score (nSPS) is 32.0. The third-order valence-corrected chi connectivity index (χ3v) is 2.33. The van der Waals surface area contributed by atoms with E-state index in [2.05, 4.69) is 18.2 Å². The van der Waals surface area contributed by atoms with Gasteiger partial charge in [-0.3, -0.25) is 0 Å². The molecule has 0 heteroatoms. The predicted molar refractivity (Wildman–Crippen MR) is 39.2 cm³/mol. The Balaban J connectivity index is 2.27. The van der Waals surface area contributed by atoms with Crippen LogP contribution in [0.4, 0.5) is 0 Å². The first-order chi connectivity index (χ1) is 4.45. The molecule has 0 nitrogen and oxygen atoms in total. The summed E-state index contributed by atoms with van der Waals surface area (Å²) in [4.78, 5) is 0. The molecule has 0 spiro atoms. The summed E-state index contributed by atoms with van der Waals surface area (Å²) >= 11 is 0. The molecule has 3 aliphatic carbocycles. The summed E-state index contributed by atoms with van der Waals surface area (Å²) in [6.45, 7) is 0. The molecular formula is C9H12. The second kappa shape index (κ2) is 2.02. The highest BCUT2D eigenvalue weighted by atomic mass is 14.2. The highest BCUT2D eigenvalue weighted by molar-refractivity contribution is 5.17. The van der Waals surface area contributed by atoms with Gasteiger partial charge in [-0.1, -0.05) is 23.8 Å². The molecule has 0 amide bonds. The molecule has 9 heavy (non-hydrogen) atoms. The highest BCUT2D eigenvalue weighted by Gasteiger charge is 2.13. The zero-order valence-corrected chi connectivity index (χ0v) is 5.64. The average Bonchev–Trinajstić information content (AvgIpc) is 2.21. The fourth-order valence-corrected chi connectivity index (χ4v) is 1.68. The van der Waals surface area contributed by atoms with Crippen LogP contribution in [0.5, 0.6) is 0 Å². The van der Waals surface area contributed by atoms with Gasteiger partial charge in [0, 0.05) is 0 Å². The largest absolute Gasteiger partial charge is 0.0848 e. The SMILES string of the molecule is C1=CC2CC=C(C1)CC2. The van der Waals surface area contributed by atoms with Crippen molar-refractivity contribution < 1.29 is 0 Å². The minimum Gasteiger partial charge on any atom is -0.0848 e. The van der Waals surface area contributed by atoms with Gasteiger partial charge in [0.15, 0.2) is 0 Å². The molecule has 48 valence electrons. The number of allylic oxidation sites excluding steroid dienone is 4. The monoisotopic (exact) mass is 120 g/mol. The Morgan fingerprint density at radius 1 is 1.44 bits per heavy atom. The van der Waals surface area contributed by atoms with Crippen LogP contribution < -0.4 is 0 Å². The Bertz CT molecular complexity index is 163. The molecule has 0 saturated carbocycles.